The summed E-state index contributed by atoms with van der Waals surface area (Å²) < 4.78 is 10.8. The average molecular weight is 275 g/mol. The van der Waals surface area contributed by atoms with Gasteiger partial charge in [-0.2, -0.15) is 0 Å². The SMILES string of the molecule is CCCOc1ccccc1NCc1cc(C(=O)O)co1. The molecule has 0 spiro atoms. The van der Waals surface area contributed by atoms with Crippen LogP contribution in [-0.2, 0) is 6.54 Å². The van der Waals surface area contributed by atoms with Gasteiger partial charge in [-0.3, -0.25) is 0 Å². The van der Waals surface area contributed by atoms with E-state index >= 15 is 0 Å². The zero-order chi connectivity index (χ0) is 14.4. The fraction of sp³-hybridized carbons (Fsp3) is 0.267. The van der Waals surface area contributed by atoms with Crippen LogP contribution in [0, 0.1) is 0 Å². The summed E-state index contributed by atoms with van der Waals surface area (Å²) >= 11 is 0. The summed E-state index contributed by atoms with van der Waals surface area (Å²) in [6.07, 6.45) is 2.17. The number of carboxylic acid groups (broad SMARTS) is 1. The summed E-state index contributed by atoms with van der Waals surface area (Å²) in [6, 6.07) is 9.12. The zero-order valence-corrected chi connectivity index (χ0v) is 11.3. The highest BCUT2D eigenvalue weighted by atomic mass is 16.5. The second kappa shape index (κ2) is 6.65. The number of hydrogen-bond acceptors (Lipinski definition) is 4. The first-order valence-corrected chi connectivity index (χ1v) is 6.47. The van der Waals surface area contributed by atoms with E-state index in [-0.39, 0.29) is 5.56 Å². The van der Waals surface area contributed by atoms with Crippen LogP contribution in [0.25, 0.3) is 0 Å². The molecule has 0 aliphatic carbocycles. The second-order valence-corrected chi connectivity index (χ2v) is 4.31. The van der Waals surface area contributed by atoms with Crippen LogP contribution < -0.4 is 10.1 Å². The van der Waals surface area contributed by atoms with E-state index in [9.17, 15) is 4.79 Å². The maximum atomic E-state index is 10.8. The molecule has 0 saturated carbocycles. The maximum absolute atomic E-state index is 10.8. The molecular weight excluding hydrogens is 258 g/mol. The summed E-state index contributed by atoms with van der Waals surface area (Å²) in [5, 5.41) is 12.0. The van der Waals surface area contributed by atoms with Gasteiger partial charge in [-0.15, -0.1) is 0 Å². The molecule has 0 saturated heterocycles. The first-order chi connectivity index (χ1) is 9.70. The monoisotopic (exact) mass is 275 g/mol. The minimum absolute atomic E-state index is 0.150. The van der Waals surface area contributed by atoms with Crippen molar-refractivity contribution < 1.29 is 19.1 Å². The minimum Gasteiger partial charge on any atom is -0.491 e. The number of aromatic carboxylic acids is 1. The van der Waals surface area contributed by atoms with Crippen LogP contribution >= 0.6 is 0 Å². The molecule has 0 fully saturated rings. The van der Waals surface area contributed by atoms with Gasteiger partial charge in [-0.05, 0) is 24.6 Å². The highest BCUT2D eigenvalue weighted by Gasteiger charge is 2.09. The van der Waals surface area contributed by atoms with E-state index in [2.05, 4.69) is 5.32 Å². The Balaban J connectivity index is 2.00. The lowest BCUT2D eigenvalue weighted by molar-refractivity contribution is 0.0696. The molecule has 0 bridgehead atoms. The van der Waals surface area contributed by atoms with E-state index in [0.29, 0.717) is 18.9 Å². The van der Waals surface area contributed by atoms with Gasteiger partial charge >= 0.3 is 5.97 Å². The third-order valence-corrected chi connectivity index (χ3v) is 2.70. The number of para-hydroxylation sites is 2. The number of nitrogens with one attached hydrogen (secondary N) is 1. The Morgan fingerprint density at radius 1 is 1.40 bits per heavy atom. The van der Waals surface area contributed by atoms with E-state index in [0.717, 1.165) is 17.9 Å². The lowest BCUT2D eigenvalue weighted by atomic mass is 10.2. The Hall–Kier alpha value is -2.43. The van der Waals surface area contributed by atoms with Gasteiger partial charge in [-0.1, -0.05) is 19.1 Å². The van der Waals surface area contributed by atoms with Gasteiger partial charge in [0.2, 0.25) is 0 Å². The predicted molar refractivity (Wildman–Crippen MR) is 75.2 cm³/mol. The van der Waals surface area contributed by atoms with E-state index in [4.69, 9.17) is 14.3 Å². The lowest BCUT2D eigenvalue weighted by Crippen LogP contribution is -2.03. The largest absolute Gasteiger partial charge is 0.491 e. The first-order valence-electron chi connectivity index (χ1n) is 6.47. The fourth-order valence-corrected chi connectivity index (χ4v) is 1.72. The lowest BCUT2D eigenvalue weighted by Gasteiger charge is -2.11. The summed E-state index contributed by atoms with van der Waals surface area (Å²) in [7, 11) is 0. The van der Waals surface area contributed by atoms with Gasteiger partial charge in [-0.25, -0.2) is 4.79 Å². The van der Waals surface area contributed by atoms with Gasteiger partial charge in [0.25, 0.3) is 0 Å². The summed E-state index contributed by atoms with van der Waals surface area (Å²) in [5.74, 6) is 0.346. The van der Waals surface area contributed by atoms with Crippen molar-refractivity contribution in [1.82, 2.24) is 0 Å². The molecule has 106 valence electrons. The number of ether oxygens (including phenoxy) is 1. The number of benzene rings is 1. The normalized spacial score (nSPS) is 10.2. The molecule has 5 heteroatoms. The van der Waals surface area contributed by atoms with Gasteiger partial charge in [0.05, 0.1) is 24.4 Å². The van der Waals surface area contributed by atoms with Crippen molar-refractivity contribution in [3.8, 4) is 5.75 Å². The number of carboxylic acids is 1. The van der Waals surface area contributed by atoms with Gasteiger partial charge in [0.15, 0.2) is 0 Å². The molecule has 1 aromatic carbocycles. The van der Waals surface area contributed by atoms with E-state index in [1.807, 2.05) is 31.2 Å². The number of hydrogen-bond donors (Lipinski definition) is 2. The van der Waals surface area contributed by atoms with Crippen LogP contribution in [-0.4, -0.2) is 17.7 Å². The molecule has 20 heavy (non-hydrogen) atoms. The van der Waals surface area contributed by atoms with Crippen LogP contribution in [0.4, 0.5) is 5.69 Å². The van der Waals surface area contributed by atoms with Gasteiger partial charge in [0, 0.05) is 0 Å². The quantitative estimate of drug-likeness (QED) is 0.810. The zero-order valence-electron chi connectivity index (χ0n) is 11.3. The third-order valence-electron chi connectivity index (χ3n) is 2.70. The van der Waals surface area contributed by atoms with Crippen molar-refractivity contribution in [3.05, 3.63) is 47.9 Å². The molecule has 0 atom stereocenters. The van der Waals surface area contributed by atoms with Crippen LogP contribution in [0.1, 0.15) is 29.5 Å². The smallest absolute Gasteiger partial charge is 0.338 e. The number of carbonyl (C=O) groups is 1. The van der Waals surface area contributed by atoms with Crippen molar-refractivity contribution in [2.24, 2.45) is 0 Å². The van der Waals surface area contributed by atoms with Crippen molar-refractivity contribution in [2.45, 2.75) is 19.9 Å². The molecule has 1 aromatic heterocycles. The molecule has 0 unspecified atom stereocenters. The van der Waals surface area contributed by atoms with Crippen molar-refractivity contribution in [1.29, 1.82) is 0 Å². The highest BCUT2D eigenvalue weighted by Crippen LogP contribution is 2.24. The molecule has 2 N–H and O–H groups in total. The number of furan rings is 1. The first kappa shape index (κ1) is 14.0. The predicted octanol–water partition coefficient (Wildman–Crippen LogP) is 3.38. The summed E-state index contributed by atoms with van der Waals surface area (Å²) in [6.45, 7) is 3.11. The average Bonchev–Trinajstić information content (AvgIpc) is 2.93. The van der Waals surface area contributed by atoms with Crippen LogP contribution in [0.3, 0.4) is 0 Å². The molecule has 0 amide bonds. The van der Waals surface area contributed by atoms with Gasteiger partial charge < -0.3 is 19.6 Å². The molecule has 0 radical (unpaired) electrons. The highest BCUT2D eigenvalue weighted by molar-refractivity contribution is 5.87. The Morgan fingerprint density at radius 2 is 2.20 bits per heavy atom. The van der Waals surface area contributed by atoms with E-state index in [1.165, 1.54) is 12.3 Å². The van der Waals surface area contributed by atoms with Gasteiger partial charge in [0.1, 0.15) is 17.8 Å². The molecule has 5 nitrogen and oxygen atoms in total. The van der Waals surface area contributed by atoms with E-state index < -0.39 is 5.97 Å². The number of anilines is 1. The standard InChI is InChI=1S/C15H17NO4/c1-2-7-19-14-6-4-3-5-13(14)16-9-12-8-11(10-20-12)15(17)18/h3-6,8,10,16H,2,7,9H2,1H3,(H,17,18). The summed E-state index contributed by atoms with van der Waals surface area (Å²) in [4.78, 5) is 10.8. The molecule has 2 rings (SSSR count). The summed E-state index contributed by atoms with van der Waals surface area (Å²) in [5.41, 5.74) is 1.01. The molecular formula is C15H17NO4. The Kier molecular flexibility index (Phi) is 4.65. The van der Waals surface area contributed by atoms with Crippen molar-refractivity contribution in [3.63, 3.8) is 0 Å². The Labute approximate surface area is 117 Å². The Bertz CT molecular complexity index is 577. The van der Waals surface area contributed by atoms with Crippen molar-refractivity contribution >= 4 is 11.7 Å². The Morgan fingerprint density at radius 3 is 2.90 bits per heavy atom. The van der Waals surface area contributed by atoms with Crippen LogP contribution in [0.2, 0.25) is 0 Å². The second-order valence-electron chi connectivity index (χ2n) is 4.31. The maximum Gasteiger partial charge on any atom is 0.338 e. The molecule has 0 aliphatic heterocycles. The van der Waals surface area contributed by atoms with E-state index in [1.54, 1.807) is 0 Å². The van der Waals surface area contributed by atoms with Crippen LogP contribution in [0.5, 0.6) is 5.75 Å². The molecule has 0 aliphatic rings. The third kappa shape index (κ3) is 3.54. The molecule has 2 aromatic rings. The minimum atomic E-state index is -0.994. The van der Waals surface area contributed by atoms with Crippen molar-refractivity contribution in [2.75, 3.05) is 11.9 Å². The number of rotatable bonds is 7. The molecule has 1 heterocycles. The topological polar surface area (TPSA) is 71.7 Å². The van der Waals surface area contributed by atoms with Crippen LogP contribution in [0.15, 0.2) is 41.0 Å². The fourth-order valence-electron chi connectivity index (χ4n) is 1.72.